The van der Waals surface area contributed by atoms with Gasteiger partial charge < -0.3 is 15.4 Å². The van der Waals surface area contributed by atoms with E-state index in [9.17, 15) is 9.18 Å². The van der Waals surface area contributed by atoms with E-state index >= 15 is 0 Å². The van der Waals surface area contributed by atoms with Crippen LogP contribution in [0.5, 0.6) is 5.75 Å². The maximum Gasteiger partial charge on any atom is 0.296 e. The fourth-order valence-electron chi connectivity index (χ4n) is 4.38. The second kappa shape index (κ2) is 8.89. The second-order valence-electron chi connectivity index (χ2n) is 9.52. The number of nitrogens with two attached hydrogens (primary N) is 1. The fourth-order valence-corrected chi connectivity index (χ4v) is 4.38. The highest BCUT2D eigenvalue weighted by atomic mass is 19.1. The van der Waals surface area contributed by atoms with E-state index in [1.54, 1.807) is 19.2 Å². The number of benzene rings is 2. The lowest BCUT2D eigenvalue weighted by Gasteiger charge is -2.31. The van der Waals surface area contributed by atoms with Gasteiger partial charge in [-0.3, -0.25) is 4.79 Å². The average Bonchev–Trinajstić information content (AvgIpc) is 2.80. The van der Waals surface area contributed by atoms with Crippen molar-refractivity contribution < 1.29 is 9.13 Å². The van der Waals surface area contributed by atoms with E-state index in [0.717, 1.165) is 37.9 Å². The molecule has 2 aromatic carbocycles. The number of methoxy groups -OCH3 is 1. The normalized spacial score (nSPS) is 14.4. The van der Waals surface area contributed by atoms with Gasteiger partial charge in [0.25, 0.3) is 5.56 Å². The van der Waals surface area contributed by atoms with Gasteiger partial charge in [0.15, 0.2) is 0 Å². The van der Waals surface area contributed by atoms with E-state index in [0.29, 0.717) is 28.4 Å². The maximum absolute atomic E-state index is 13.6. The molecule has 0 unspecified atom stereocenters. The molecule has 0 bridgehead atoms. The molecular formula is C26H31FN4O2. The van der Waals surface area contributed by atoms with E-state index in [2.05, 4.69) is 25.7 Å². The third-order valence-corrected chi connectivity index (χ3v) is 6.13. The zero-order chi connectivity index (χ0) is 23.8. The summed E-state index contributed by atoms with van der Waals surface area (Å²) >= 11 is 0. The van der Waals surface area contributed by atoms with Gasteiger partial charge in [0.1, 0.15) is 22.9 Å². The Kier molecular flexibility index (Phi) is 6.15. The number of piperidine rings is 1. The van der Waals surface area contributed by atoms with Crippen molar-refractivity contribution in [1.82, 2.24) is 9.78 Å². The summed E-state index contributed by atoms with van der Waals surface area (Å²) in [6.45, 7) is 7.92. The standard InChI is InChI=1S/C26H31FN4O2/c1-26(2,3)20-13-12-19(16-21(20)33-4)31-25(32)22(28)24(30-14-6-5-7-15-30)23(29-31)17-8-10-18(27)11-9-17/h8-13,16H,5-7,14-15,28H2,1-4H3. The number of halogens is 1. The fraction of sp³-hybridized carbons (Fsp3) is 0.385. The van der Waals surface area contributed by atoms with Crippen LogP contribution in [-0.4, -0.2) is 30.0 Å². The van der Waals surface area contributed by atoms with E-state index in [4.69, 9.17) is 15.6 Å². The number of anilines is 2. The van der Waals surface area contributed by atoms with Crippen molar-refractivity contribution in [2.24, 2.45) is 0 Å². The molecule has 0 aliphatic carbocycles. The van der Waals surface area contributed by atoms with Crippen LogP contribution >= 0.6 is 0 Å². The lowest BCUT2D eigenvalue weighted by molar-refractivity contribution is 0.397. The predicted molar refractivity (Wildman–Crippen MR) is 131 cm³/mol. The Morgan fingerprint density at radius 1 is 1.03 bits per heavy atom. The third-order valence-electron chi connectivity index (χ3n) is 6.13. The zero-order valence-electron chi connectivity index (χ0n) is 19.7. The quantitative estimate of drug-likeness (QED) is 0.611. The minimum Gasteiger partial charge on any atom is -0.496 e. The summed E-state index contributed by atoms with van der Waals surface area (Å²) in [5.41, 5.74) is 9.58. The predicted octanol–water partition coefficient (Wildman–Crippen LogP) is 4.92. The Morgan fingerprint density at radius 2 is 1.70 bits per heavy atom. The monoisotopic (exact) mass is 450 g/mol. The summed E-state index contributed by atoms with van der Waals surface area (Å²) in [6.07, 6.45) is 3.19. The molecule has 1 aliphatic rings. The number of nitrogen functional groups attached to an aromatic ring is 1. The van der Waals surface area contributed by atoms with Crippen LogP contribution in [-0.2, 0) is 5.41 Å². The molecule has 1 fully saturated rings. The zero-order valence-corrected chi connectivity index (χ0v) is 19.7. The molecular weight excluding hydrogens is 419 g/mol. The van der Waals surface area contributed by atoms with E-state index in [-0.39, 0.29) is 22.5 Å². The van der Waals surface area contributed by atoms with Crippen LogP contribution in [0.15, 0.2) is 47.3 Å². The topological polar surface area (TPSA) is 73.4 Å². The van der Waals surface area contributed by atoms with Crippen LogP contribution in [0.25, 0.3) is 16.9 Å². The lowest BCUT2D eigenvalue weighted by Crippen LogP contribution is -2.35. The second-order valence-corrected chi connectivity index (χ2v) is 9.52. The van der Waals surface area contributed by atoms with Crippen molar-refractivity contribution in [2.45, 2.75) is 45.4 Å². The summed E-state index contributed by atoms with van der Waals surface area (Å²) in [4.78, 5) is 15.5. The first-order valence-electron chi connectivity index (χ1n) is 11.3. The van der Waals surface area contributed by atoms with E-state index in [1.165, 1.54) is 16.8 Å². The van der Waals surface area contributed by atoms with Gasteiger partial charge in [-0.05, 0) is 60.6 Å². The number of hydrogen-bond acceptors (Lipinski definition) is 5. The molecule has 0 amide bonds. The Morgan fingerprint density at radius 3 is 2.30 bits per heavy atom. The van der Waals surface area contributed by atoms with Gasteiger partial charge in [-0.2, -0.15) is 9.78 Å². The van der Waals surface area contributed by atoms with Gasteiger partial charge >= 0.3 is 0 Å². The summed E-state index contributed by atoms with van der Waals surface area (Å²) < 4.78 is 20.6. The van der Waals surface area contributed by atoms with Gasteiger partial charge in [0.05, 0.1) is 18.5 Å². The molecule has 1 saturated heterocycles. The summed E-state index contributed by atoms with van der Waals surface area (Å²) in [6, 6.07) is 11.7. The molecule has 3 aromatic rings. The molecule has 0 atom stereocenters. The first kappa shape index (κ1) is 22.8. The van der Waals surface area contributed by atoms with Gasteiger partial charge in [0.2, 0.25) is 0 Å². The van der Waals surface area contributed by atoms with Crippen LogP contribution in [0.1, 0.15) is 45.6 Å². The summed E-state index contributed by atoms with van der Waals surface area (Å²) in [5, 5.41) is 4.75. The van der Waals surface area contributed by atoms with Crippen LogP contribution in [0.4, 0.5) is 15.8 Å². The number of ether oxygens (including phenoxy) is 1. The minimum absolute atomic E-state index is 0.126. The van der Waals surface area contributed by atoms with Crippen LogP contribution in [0.3, 0.4) is 0 Å². The first-order chi connectivity index (χ1) is 15.7. The molecule has 1 aromatic heterocycles. The molecule has 2 N–H and O–H groups in total. The van der Waals surface area contributed by atoms with Crippen molar-refractivity contribution in [3.05, 3.63) is 64.2 Å². The third kappa shape index (κ3) is 4.45. The largest absolute Gasteiger partial charge is 0.496 e. The molecule has 174 valence electrons. The SMILES string of the molecule is COc1cc(-n2nc(-c3ccc(F)cc3)c(N3CCCCC3)c(N)c2=O)ccc1C(C)(C)C. The molecule has 0 spiro atoms. The Labute approximate surface area is 193 Å². The molecule has 33 heavy (non-hydrogen) atoms. The van der Waals surface area contributed by atoms with Crippen LogP contribution < -0.4 is 20.9 Å². The van der Waals surface area contributed by atoms with E-state index < -0.39 is 0 Å². The molecule has 2 heterocycles. The van der Waals surface area contributed by atoms with Crippen molar-refractivity contribution in [2.75, 3.05) is 30.8 Å². The highest BCUT2D eigenvalue weighted by Crippen LogP contribution is 2.36. The number of hydrogen-bond donors (Lipinski definition) is 1. The van der Waals surface area contributed by atoms with Gasteiger partial charge in [0, 0.05) is 24.7 Å². The Balaban J connectivity index is 1.94. The van der Waals surface area contributed by atoms with Crippen molar-refractivity contribution in [3.63, 3.8) is 0 Å². The van der Waals surface area contributed by atoms with Gasteiger partial charge in [-0.15, -0.1) is 0 Å². The maximum atomic E-state index is 13.6. The lowest BCUT2D eigenvalue weighted by atomic mass is 9.86. The molecule has 1 aliphatic heterocycles. The number of aromatic nitrogens is 2. The van der Waals surface area contributed by atoms with Crippen molar-refractivity contribution in [3.8, 4) is 22.7 Å². The Bertz CT molecular complexity index is 1210. The van der Waals surface area contributed by atoms with Crippen molar-refractivity contribution in [1.29, 1.82) is 0 Å². The van der Waals surface area contributed by atoms with Gasteiger partial charge in [-0.1, -0.05) is 26.8 Å². The highest BCUT2D eigenvalue weighted by Gasteiger charge is 2.25. The van der Waals surface area contributed by atoms with Gasteiger partial charge in [-0.25, -0.2) is 4.39 Å². The summed E-state index contributed by atoms with van der Waals surface area (Å²) in [5.74, 6) is 0.345. The minimum atomic E-state index is -0.382. The number of nitrogens with zero attached hydrogens (tertiary/aromatic N) is 3. The first-order valence-corrected chi connectivity index (χ1v) is 11.3. The number of rotatable bonds is 4. The molecule has 0 radical (unpaired) electrons. The Hall–Kier alpha value is -3.35. The van der Waals surface area contributed by atoms with Crippen molar-refractivity contribution >= 4 is 11.4 Å². The summed E-state index contributed by atoms with van der Waals surface area (Å²) in [7, 11) is 1.61. The molecule has 4 rings (SSSR count). The average molecular weight is 451 g/mol. The molecule has 7 heteroatoms. The van der Waals surface area contributed by atoms with Crippen LogP contribution in [0.2, 0.25) is 0 Å². The molecule has 0 saturated carbocycles. The van der Waals surface area contributed by atoms with Crippen LogP contribution in [0, 0.1) is 5.82 Å². The highest BCUT2D eigenvalue weighted by molar-refractivity contribution is 5.83. The van der Waals surface area contributed by atoms with E-state index in [1.807, 2.05) is 18.2 Å². The smallest absolute Gasteiger partial charge is 0.296 e. The molecule has 6 nitrogen and oxygen atoms in total.